The minimum Gasteiger partial charge on any atom is -0.350 e. The van der Waals surface area contributed by atoms with E-state index in [1.165, 1.54) is 0 Å². The largest absolute Gasteiger partial charge is 0.350 e. The Morgan fingerprint density at radius 3 is 2.57 bits per heavy atom. The maximum absolute atomic E-state index is 5.38. The summed E-state index contributed by atoms with van der Waals surface area (Å²) in [6, 6.07) is 17.7. The number of benzene rings is 2. The van der Waals surface area contributed by atoms with Crippen LogP contribution in [0.3, 0.4) is 0 Å². The molecule has 0 spiro atoms. The second kappa shape index (κ2) is 6.11. The van der Waals surface area contributed by atoms with Crippen molar-refractivity contribution in [2.45, 2.75) is 6.42 Å². The highest BCUT2D eigenvalue weighted by atomic mass is 32.1. The molecular formula is C16H13N3S2. The van der Waals surface area contributed by atoms with E-state index >= 15 is 0 Å². The molecule has 0 radical (unpaired) electrons. The third-order valence-corrected chi connectivity index (χ3v) is 3.62. The predicted molar refractivity (Wildman–Crippen MR) is 93.3 cm³/mol. The Labute approximate surface area is 133 Å². The summed E-state index contributed by atoms with van der Waals surface area (Å²) >= 11 is 10.7. The zero-order valence-corrected chi connectivity index (χ0v) is 12.8. The lowest BCUT2D eigenvalue weighted by Crippen LogP contribution is -2.14. The first-order valence-electron chi connectivity index (χ1n) is 6.55. The first kappa shape index (κ1) is 13.9. The Kier molecular flexibility index (Phi) is 4.03. The Bertz CT molecular complexity index is 841. The zero-order chi connectivity index (χ0) is 14.7. The van der Waals surface area contributed by atoms with Crippen LogP contribution < -0.4 is 5.32 Å². The lowest BCUT2D eigenvalue weighted by atomic mass is 10.2. The maximum atomic E-state index is 5.38. The van der Waals surface area contributed by atoms with E-state index in [-0.39, 0.29) is 0 Å². The van der Waals surface area contributed by atoms with Crippen LogP contribution in [0.1, 0.15) is 5.82 Å². The minimum atomic E-state index is 0.526. The number of hydrogen-bond donors (Lipinski definition) is 2. The Morgan fingerprint density at radius 1 is 1.05 bits per heavy atom. The molecule has 5 heteroatoms. The number of H-pyrrole nitrogens is 1. The fourth-order valence-corrected chi connectivity index (χ4v) is 2.65. The molecule has 104 valence electrons. The van der Waals surface area contributed by atoms with Crippen LogP contribution in [-0.4, -0.2) is 15.0 Å². The summed E-state index contributed by atoms with van der Waals surface area (Å²) in [7, 11) is 0. The van der Waals surface area contributed by atoms with E-state index in [2.05, 4.69) is 15.3 Å². The topological polar surface area (TPSA) is 40.7 Å². The molecule has 0 saturated heterocycles. The van der Waals surface area contributed by atoms with E-state index in [4.69, 9.17) is 24.4 Å². The van der Waals surface area contributed by atoms with Gasteiger partial charge in [-0.15, -0.1) is 0 Å². The monoisotopic (exact) mass is 311 g/mol. The van der Waals surface area contributed by atoms with E-state index in [0.29, 0.717) is 16.0 Å². The molecule has 0 amide bonds. The fraction of sp³-hybridized carbons (Fsp3) is 0.0625. The highest BCUT2D eigenvalue weighted by molar-refractivity contribution is 7.80. The molecule has 2 N–H and O–H groups in total. The van der Waals surface area contributed by atoms with Crippen LogP contribution in [0, 0.1) is 4.64 Å². The van der Waals surface area contributed by atoms with Crippen LogP contribution in [0.2, 0.25) is 0 Å². The van der Waals surface area contributed by atoms with Crippen LogP contribution >= 0.6 is 24.4 Å². The van der Waals surface area contributed by atoms with E-state index in [9.17, 15) is 0 Å². The molecule has 1 heterocycles. The second-order valence-corrected chi connectivity index (χ2v) is 5.50. The number of nitrogens with zero attached hydrogens (tertiary/aromatic N) is 1. The molecule has 0 fully saturated rings. The molecule has 0 aliphatic rings. The summed E-state index contributed by atoms with van der Waals surface area (Å²) in [4.78, 5) is 8.40. The van der Waals surface area contributed by atoms with Crippen LogP contribution in [-0.2, 0) is 6.42 Å². The maximum Gasteiger partial charge on any atom is 0.137 e. The molecule has 0 bridgehead atoms. The highest BCUT2D eigenvalue weighted by Gasteiger charge is 2.04. The lowest BCUT2D eigenvalue weighted by Gasteiger charge is -2.08. The number of fused-ring (bicyclic) bond motifs is 1. The van der Waals surface area contributed by atoms with Crippen LogP contribution in [0.25, 0.3) is 10.9 Å². The summed E-state index contributed by atoms with van der Waals surface area (Å²) in [6.07, 6.45) is 0.526. The van der Waals surface area contributed by atoms with Crippen molar-refractivity contribution < 1.29 is 0 Å². The van der Waals surface area contributed by atoms with E-state index < -0.39 is 0 Å². The Morgan fingerprint density at radius 2 is 1.76 bits per heavy atom. The molecule has 0 unspecified atom stereocenters. The number of para-hydroxylation sites is 2. The first-order chi connectivity index (χ1) is 10.2. The molecule has 0 saturated carbocycles. The lowest BCUT2D eigenvalue weighted by molar-refractivity contribution is 1.04. The smallest absolute Gasteiger partial charge is 0.137 e. The molecule has 0 aliphatic heterocycles. The van der Waals surface area contributed by atoms with Crippen LogP contribution in [0.15, 0.2) is 54.6 Å². The molecule has 2 aromatic carbocycles. The normalized spacial score (nSPS) is 10.5. The number of hydrogen-bond acceptors (Lipinski definition) is 3. The van der Waals surface area contributed by atoms with Crippen molar-refractivity contribution in [2.24, 2.45) is 0 Å². The van der Waals surface area contributed by atoms with Gasteiger partial charge in [0.2, 0.25) is 0 Å². The summed E-state index contributed by atoms with van der Waals surface area (Å²) in [5.74, 6) is 0.770. The van der Waals surface area contributed by atoms with Crippen molar-refractivity contribution in [1.82, 2.24) is 9.97 Å². The zero-order valence-electron chi connectivity index (χ0n) is 11.2. The molecule has 0 aliphatic carbocycles. The SMILES string of the molecule is S=C(Cc1nc(=S)c2ccccc2[nH]1)Nc1ccccc1. The third-order valence-electron chi connectivity index (χ3n) is 3.06. The average molecular weight is 311 g/mol. The highest BCUT2D eigenvalue weighted by Crippen LogP contribution is 2.13. The second-order valence-electron chi connectivity index (χ2n) is 4.63. The fourth-order valence-electron chi connectivity index (χ4n) is 2.11. The molecular weight excluding hydrogens is 298 g/mol. The van der Waals surface area contributed by atoms with Crippen molar-refractivity contribution in [3.8, 4) is 0 Å². The minimum absolute atomic E-state index is 0.526. The van der Waals surface area contributed by atoms with Gasteiger partial charge in [0, 0.05) is 16.6 Å². The molecule has 21 heavy (non-hydrogen) atoms. The average Bonchev–Trinajstić information content (AvgIpc) is 2.48. The standard InChI is InChI=1S/C16H13N3S2/c20-15(17-11-6-2-1-3-7-11)10-14-18-13-9-5-4-8-12(13)16(21)19-14/h1-9H,10H2,(H,17,20)(H,18,19,21). The Hall–Kier alpha value is -2.11. The van der Waals surface area contributed by atoms with E-state index in [0.717, 1.165) is 22.4 Å². The van der Waals surface area contributed by atoms with Gasteiger partial charge >= 0.3 is 0 Å². The van der Waals surface area contributed by atoms with Crippen molar-refractivity contribution in [2.75, 3.05) is 5.32 Å². The number of thiocarbonyl (C=S) groups is 1. The number of anilines is 1. The van der Waals surface area contributed by atoms with Gasteiger partial charge in [0.1, 0.15) is 10.5 Å². The summed E-state index contributed by atoms with van der Waals surface area (Å²) in [6.45, 7) is 0. The molecule has 3 nitrogen and oxygen atoms in total. The Balaban J connectivity index is 1.82. The summed E-state index contributed by atoms with van der Waals surface area (Å²) < 4.78 is 0.599. The van der Waals surface area contributed by atoms with Crippen molar-refractivity contribution in [3.05, 3.63) is 65.1 Å². The molecule has 0 atom stereocenters. The van der Waals surface area contributed by atoms with Gasteiger partial charge in [-0.1, -0.05) is 54.8 Å². The number of rotatable bonds is 3. The quantitative estimate of drug-likeness (QED) is 0.709. The van der Waals surface area contributed by atoms with Gasteiger partial charge in [0.25, 0.3) is 0 Å². The first-order valence-corrected chi connectivity index (χ1v) is 7.37. The number of aromatic amines is 1. The summed E-state index contributed by atoms with van der Waals surface area (Å²) in [5.41, 5.74) is 1.96. The van der Waals surface area contributed by atoms with Gasteiger partial charge in [-0.2, -0.15) is 0 Å². The van der Waals surface area contributed by atoms with Gasteiger partial charge in [-0.25, -0.2) is 4.98 Å². The van der Waals surface area contributed by atoms with Crippen LogP contribution in [0.4, 0.5) is 5.69 Å². The number of aromatic nitrogens is 2. The van der Waals surface area contributed by atoms with Gasteiger partial charge in [-0.05, 0) is 24.3 Å². The van der Waals surface area contributed by atoms with Crippen LogP contribution in [0.5, 0.6) is 0 Å². The van der Waals surface area contributed by atoms with Crippen molar-refractivity contribution in [3.63, 3.8) is 0 Å². The van der Waals surface area contributed by atoms with Gasteiger partial charge in [0.15, 0.2) is 0 Å². The molecule has 3 aromatic rings. The predicted octanol–water partition coefficient (Wildman–Crippen LogP) is 4.27. The van der Waals surface area contributed by atoms with Crippen molar-refractivity contribution in [1.29, 1.82) is 0 Å². The van der Waals surface area contributed by atoms with E-state index in [1.54, 1.807) is 0 Å². The molecule has 1 aromatic heterocycles. The molecule has 3 rings (SSSR count). The summed E-state index contributed by atoms with van der Waals surface area (Å²) in [5, 5.41) is 4.15. The van der Waals surface area contributed by atoms with Crippen molar-refractivity contribution >= 4 is 46.0 Å². The van der Waals surface area contributed by atoms with Gasteiger partial charge in [0.05, 0.1) is 11.4 Å². The van der Waals surface area contributed by atoms with Gasteiger partial charge in [-0.3, -0.25) is 0 Å². The van der Waals surface area contributed by atoms with Gasteiger partial charge < -0.3 is 10.3 Å². The number of nitrogens with one attached hydrogen (secondary N) is 2. The van der Waals surface area contributed by atoms with E-state index in [1.807, 2.05) is 54.6 Å². The third kappa shape index (κ3) is 3.32.